The minimum absolute atomic E-state index is 0.0357. The molecule has 0 aliphatic heterocycles. The molecule has 19 heavy (non-hydrogen) atoms. The summed E-state index contributed by atoms with van der Waals surface area (Å²) in [5.41, 5.74) is 1.31. The van der Waals surface area contributed by atoms with E-state index in [0.29, 0.717) is 5.69 Å². The van der Waals surface area contributed by atoms with Crippen LogP contribution in [0.4, 0.5) is 0 Å². The number of aromatic nitrogens is 2. The maximum absolute atomic E-state index is 11.6. The largest absolute Gasteiger partial charge is 0.479 e. The van der Waals surface area contributed by atoms with Crippen LogP contribution in [0.1, 0.15) is 5.69 Å². The molecule has 0 fully saturated rings. The summed E-state index contributed by atoms with van der Waals surface area (Å²) >= 11 is 0. The Balaban J connectivity index is 1.93. The molecule has 1 amide bonds. The summed E-state index contributed by atoms with van der Waals surface area (Å²) in [6, 6.07) is 5.51. The van der Waals surface area contributed by atoms with E-state index in [2.05, 4.69) is 10.3 Å². The molecule has 2 aromatic rings. The van der Waals surface area contributed by atoms with Gasteiger partial charge in [-0.3, -0.25) is 4.79 Å². The van der Waals surface area contributed by atoms with Crippen molar-refractivity contribution in [2.45, 2.75) is 12.5 Å². The number of hydrogen-bond donors (Lipinski definition) is 3. The number of aliphatic hydroxyl groups is 1. The lowest BCUT2D eigenvalue weighted by Gasteiger charge is -2.06. The van der Waals surface area contributed by atoms with Gasteiger partial charge in [-0.1, -0.05) is 6.07 Å². The Morgan fingerprint density at radius 1 is 1.42 bits per heavy atom. The number of rotatable bonds is 5. The van der Waals surface area contributed by atoms with Crippen molar-refractivity contribution < 1.29 is 19.8 Å². The van der Waals surface area contributed by atoms with Crippen molar-refractivity contribution in [1.82, 2.24) is 14.7 Å². The van der Waals surface area contributed by atoms with Gasteiger partial charge in [-0.15, -0.1) is 0 Å². The first kappa shape index (κ1) is 13.0. The number of carboxylic acid groups (broad SMARTS) is 1. The number of nitrogens with zero attached hydrogens (tertiary/aromatic N) is 2. The molecule has 1 unspecified atom stereocenters. The van der Waals surface area contributed by atoms with Crippen molar-refractivity contribution in [3.63, 3.8) is 0 Å². The van der Waals surface area contributed by atoms with Gasteiger partial charge < -0.3 is 19.9 Å². The Bertz CT molecular complexity index is 575. The van der Waals surface area contributed by atoms with Gasteiger partial charge >= 0.3 is 5.97 Å². The highest BCUT2D eigenvalue weighted by molar-refractivity contribution is 5.79. The van der Waals surface area contributed by atoms with Crippen molar-refractivity contribution in [3.8, 4) is 0 Å². The highest BCUT2D eigenvalue weighted by atomic mass is 16.4. The molecule has 0 aliphatic carbocycles. The normalized spacial score (nSPS) is 12.3. The first-order valence-electron chi connectivity index (χ1n) is 5.66. The number of fused-ring (bicyclic) bond motifs is 1. The van der Waals surface area contributed by atoms with Crippen LogP contribution in [0, 0.1) is 0 Å². The van der Waals surface area contributed by atoms with Gasteiger partial charge in [-0.2, -0.15) is 0 Å². The van der Waals surface area contributed by atoms with Crippen LogP contribution in [0.3, 0.4) is 0 Å². The van der Waals surface area contributed by atoms with Crippen LogP contribution in [0.2, 0.25) is 0 Å². The number of aliphatic carboxylic acids is 1. The van der Waals surface area contributed by atoms with Crippen LogP contribution in [0.5, 0.6) is 0 Å². The van der Waals surface area contributed by atoms with Crippen LogP contribution >= 0.6 is 0 Å². The Kier molecular flexibility index (Phi) is 3.76. The number of carbonyl (C=O) groups excluding carboxylic acids is 1. The van der Waals surface area contributed by atoms with Crippen LogP contribution in [0.25, 0.3) is 5.65 Å². The van der Waals surface area contributed by atoms with Crippen LogP contribution < -0.4 is 5.32 Å². The standard InChI is InChI=1S/C12H13N3O4/c16-9(12(18)19)6-13-11(17)5-8-7-15-4-2-1-3-10(15)14-8/h1-4,7,9,16H,5-6H2,(H,13,17)(H,18,19). The summed E-state index contributed by atoms with van der Waals surface area (Å²) in [6.45, 7) is -0.318. The first-order chi connectivity index (χ1) is 9.06. The average molecular weight is 263 g/mol. The van der Waals surface area contributed by atoms with Gasteiger partial charge in [0.2, 0.25) is 5.91 Å². The van der Waals surface area contributed by atoms with Crippen molar-refractivity contribution in [2.75, 3.05) is 6.54 Å². The number of imidazole rings is 1. The molecule has 7 nitrogen and oxygen atoms in total. The molecule has 0 bridgehead atoms. The van der Waals surface area contributed by atoms with Crippen LogP contribution in [-0.2, 0) is 16.0 Å². The van der Waals surface area contributed by atoms with E-state index >= 15 is 0 Å². The van der Waals surface area contributed by atoms with Crippen molar-refractivity contribution in [2.24, 2.45) is 0 Å². The predicted molar refractivity (Wildman–Crippen MR) is 65.5 cm³/mol. The zero-order chi connectivity index (χ0) is 13.8. The molecular formula is C12H13N3O4. The molecule has 0 aromatic carbocycles. The zero-order valence-corrected chi connectivity index (χ0v) is 9.98. The summed E-state index contributed by atoms with van der Waals surface area (Å²) in [7, 11) is 0. The Labute approximate surface area is 108 Å². The minimum atomic E-state index is -1.59. The molecule has 3 N–H and O–H groups in total. The van der Waals surface area contributed by atoms with Gasteiger partial charge in [-0.25, -0.2) is 9.78 Å². The van der Waals surface area contributed by atoms with Crippen LogP contribution in [-0.4, -0.2) is 44.1 Å². The number of hydrogen-bond acceptors (Lipinski definition) is 4. The SMILES string of the molecule is O=C(Cc1cn2ccccc2n1)NCC(O)C(=O)O. The summed E-state index contributed by atoms with van der Waals surface area (Å²) in [6.07, 6.45) is 1.99. The maximum atomic E-state index is 11.6. The molecule has 100 valence electrons. The van der Waals surface area contributed by atoms with E-state index in [0.717, 1.165) is 5.65 Å². The molecule has 7 heteroatoms. The van der Waals surface area contributed by atoms with E-state index in [1.807, 2.05) is 24.4 Å². The quantitative estimate of drug-likeness (QED) is 0.670. The number of nitrogens with one attached hydrogen (secondary N) is 1. The number of amides is 1. The van der Waals surface area contributed by atoms with Gasteiger partial charge in [0, 0.05) is 12.4 Å². The molecule has 0 aliphatic rings. The van der Waals surface area contributed by atoms with E-state index in [1.54, 1.807) is 10.6 Å². The molecule has 0 saturated heterocycles. The average Bonchev–Trinajstić information content (AvgIpc) is 2.77. The van der Waals surface area contributed by atoms with Gasteiger partial charge in [0.15, 0.2) is 6.10 Å². The van der Waals surface area contributed by atoms with Gasteiger partial charge in [0.1, 0.15) is 5.65 Å². The third kappa shape index (κ3) is 3.29. The zero-order valence-electron chi connectivity index (χ0n) is 9.98. The van der Waals surface area contributed by atoms with Crippen molar-refractivity contribution in [1.29, 1.82) is 0 Å². The lowest BCUT2D eigenvalue weighted by atomic mass is 10.3. The van der Waals surface area contributed by atoms with E-state index in [9.17, 15) is 9.59 Å². The number of carboxylic acids is 1. The maximum Gasteiger partial charge on any atom is 0.334 e. The Hall–Kier alpha value is -2.41. The second-order valence-electron chi connectivity index (χ2n) is 4.03. The fourth-order valence-electron chi connectivity index (χ4n) is 1.60. The molecule has 0 saturated carbocycles. The van der Waals surface area contributed by atoms with E-state index < -0.39 is 12.1 Å². The number of carbonyl (C=O) groups is 2. The van der Waals surface area contributed by atoms with Crippen LogP contribution in [0.15, 0.2) is 30.6 Å². The molecule has 2 heterocycles. The highest BCUT2D eigenvalue weighted by Gasteiger charge is 2.14. The fraction of sp³-hybridized carbons (Fsp3) is 0.250. The molecule has 0 radical (unpaired) electrons. The smallest absolute Gasteiger partial charge is 0.334 e. The topological polar surface area (TPSA) is 104 Å². The Morgan fingerprint density at radius 2 is 2.21 bits per heavy atom. The lowest BCUT2D eigenvalue weighted by molar-refractivity contribution is -0.146. The van der Waals surface area contributed by atoms with Crippen molar-refractivity contribution in [3.05, 3.63) is 36.3 Å². The summed E-state index contributed by atoms with van der Waals surface area (Å²) < 4.78 is 1.79. The lowest BCUT2D eigenvalue weighted by Crippen LogP contribution is -2.37. The minimum Gasteiger partial charge on any atom is -0.479 e. The summed E-state index contributed by atoms with van der Waals surface area (Å²) in [5.74, 6) is -1.75. The summed E-state index contributed by atoms with van der Waals surface area (Å²) in [4.78, 5) is 26.2. The number of aliphatic hydroxyl groups excluding tert-OH is 1. The molecular weight excluding hydrogens is 250 g/mol. The Morgan fingerprint density at radius 3 is 2.89 bits per heavy atom. The fourth-order valence-corrected chi connectivity index (χ4v) is 1.60. The molecule has 2 rings (SSSR count). The molecule has 0 spiro atoms. The van der Waals surface area contributed by atoms with E-state index in [-0.39, 0.29) is 18.9 Å². The van der Waals surface area contributed by atoms with Gasteiger partial charge in [-0.05, 0) is 12.1 Å². The predicted octanol–water partition coefficient (Wildman–Crippen LogP) is -0.562. The first-order valence-corrected chi connectivity index (χ1v) is 5.66. The second kappa shape index (κ2) is 5.49. The monoisotopic (exact) mass is 263 g/mol. The number of pyridine rings is 1. The molecule has 2 aromatic heterocycles. The molecule has 1 atom stereocenters. The summed E-state index contributed by atoms with van der Waals surface area (Å²) in [5, 5.41) is 19.8. The highest BCUT2D eigenvalue weighted by Crippen LogP contribution is 2.04. The van der Waals surface area contributed by atoms with Crippen molar-refractivity contribution >= 4 is 17.5 Å². The van der Waals surface area contributed by atoms with Gasteiger partial charge in [0.05, 0.1) is 18.7 Å². The van der Waals surface area contributed by atoms with E-state index in [4.69, 9.17) is 10.2 Å². The third-order valence-electron chi connectivity index (χ3n) is 2.53. The third-order valence-corrected chi connectivity index (χ3v) is 2.53. The second-order valence-corrected chi connectivity index (χ2v) is 4.03. The van der Waals surface area contributed by atoms with Gasteiger partial charge in [0.25, 0.3) is 0 Å². The van der Waals surface area contributed by atoms with E-state index in [1.165, 1.54) is 0 Å².